The molecule has 1 heterocycles. The third-order valence-corrected chi connectivity index (χ3v) is 3.84. The largest absolute Gasteiger partial charge is 0.362 e. The molecule has 0 radical (unpaired) electrons. The van der Waals surface area contributed by atoms with Gasteiger partial charge in [0.2, 0.25) is 0 Å². The van der Waals surface area contributed by atoms with Crippen LogP contribution in [0.25, 0.3) is 0 Å². The first-order chi connectivity index (χ1) is 11.2. The summed E-state index contributed by atoms with van der Waals surface area (Å²) < 4.78 is 13.4. The number of aryl methyl sites for hydroxylation is 1. The van der Waals surface area contributed by atoms with Gasteiger partial charge in [-0.3, -0.25) is 4.79 Å². The maximum absolute atomic E-state index is 13.4. The third kappa shape index (κ3) is 3.74. The van der Waals surface area contributed by atoms with E-state index in [1.165, 1.54) is 17.8 Å². The lowest BCUT2D eigenvalue weighted by Gasteiger charge is -2.30. The Balaban J connectivity index is 1.59. The van der Waals surface area contributed by atoms with Crippen LogP contribution in [0.4, 0.5) is 10.1 Å². The number of nitrogens with one attached hydrogen (secondary N) is 1. The van der Waals surface area contributed by atoms with Crippen LogP contribution < -0.4 is 10.3 Å². The molecular formula is C18H18FN3O. The Morgan fingerprint density at radius 2 is 2.00 bits per heavy atom. The van der Waals surface area contributed by atoms with Gasteiger partial charge in [0.15, 0.2) is 0 Å². The lowest BCUT2D eigenvalue weighted by molar-refractivity contribution is -0.119. The molecule has 1 amide bonds. The number of para-hydroxylation sites is 1. The summed E-state index contributed by atoms with van der Waals surface area (Å²) in [6, 6.07) is 14.4. The van der Waals surface area contributed by atoms with Crippen LogP contribution >= 0.6 is 0 Å². The number of anilines is 1. The molecule has 1 N–H and O–H groups in total. The molecular weight excluding hydrogens is 293 g/mol. The maximum atomic E-state index is 13.4. The second-order valence-corrected chi connectivity index (χ2v) is 5.47. The summed E-state index contributed by atoms with van der Waals surface area (Å²) in [7, 11) is 0. The van der Waals surface area contributed by atoms with Gasteiger partial charge in [-0.25, -0.2) is 9.82 Å². The second-order valence-electron chi connectivity index (χ2n) is 5.47. The van der Waals surface area contributed by atoms with Crippen LogP contribution in [0.5, 0.6) is 0 Å². The van der Waals surface area contributed by atoms with E-state index in [1.54, 1.807) is 18.2 Å². The van der Waals surface area contributed by atoms with Crippen LogP contribution in [0.15, 0.2) is 53.6 Å². The third-order valence-electron chi connectivity index (χ3n) is 3.84. The van der Waals surface area contributed by atoms with E-state index < -0.39 is 0 Å². The summed E-state index contributed by atoms with van der Waals surface area (Å²) in [5, 5.41) is 3.83. The summed E-state index contributed by atoms with van der Waals surface area (Å²) in [5.41, 5.74) is 5.17. The highest BCUT2D eigenvalue weighted by atomic mass is 19.1. The number of fused-ring (bicyclic) bond motifs is 1. The van der Waals surface area contributed by atoms with E-state index >= 15 is 0 Å². The van der Waals surface area contributed by atoms with Gasteiger partial charge in [-0.1, -0.05) is 36.4 Å². The normalized spacial score (nSPS) is 13.9. The molecule has 0 spiro atoms. The predicted octanol–water partition coefficient (Wildman–Crippen LogP) is 2.73. The number of hydrogen-bond donors (Lipinski definition) is 1. The first-order valence-electron chi connectivity index (χ1n) is 7.63. The second kappa shape index (κ2) is 7.05. The smallest absolute Gasteiger partial charge is 0.259 e. The molecule has 2 aromatic carbocycles. The van der Waals surface area contributed by atoms with Crippen molar-refractivity contribution in [2.75, 3.05) is 18.0 Å². The number of hydrogen-bond acceptors (Lipinski definition) is 3. The first kappa shape index (κ1) is 15.2. The van der Waals surface area contributed by atoms with Gasteiger partial charge in [0, 0.05) is 17.8 Å². The Morgan fingerprint density at radius 1 is 1.22 bits per heavy atom. The standard InChI is InChI=1S/C18H18FN3O/c19-16-9-3-1-7-15(16)12-20-21-18(23)13-22-11-5-8-14-6-2-4-10-17(14)22/h1-4,6-7,9-10,12H,5,8,11,13H2,(H,21,23)/b20-12+. The molecule has 118 valence electrons. The van der Waals surface area contributed by atoms with E-state index in [9.17, 15) is 9.18 Å². The molecule has 1 aliphatic heterocycles. The van der Waals surface area contributed by atoms with Gasteiger partial charge in [0.1, 0.15) is 5.82 Å². The van der Waals surface area contributed by atoms with Crippen LogP contribution in [0.3, 0.4) is 0 Å². The predicted molar refractivity (Wildman–Crippen MR) is 89.1 cm³/mol. The fraction of sp³-hybridized carbons (Fsp3) is 0.222. The minimum absolute atomic E-state index is 0.214. The van der Waals surface area contributed by atoms with Crippen molar-refractivity contribution in [3.8, 4) is 0 Å². The number of rotatable bonds is 4. The zero-order valence-corrected chi connectivity index (χ0v) is 12.7. The zero-order valence-electron chi connectivity index (χ0n) is 12.7. The van der Waals surface area contributed by atoms with E-state index in [1.807, 2.05) is 23.1 Å². The molecule has 0 bridgehead atoms. The average molecular weight is 311 g/mol. The molecule has 0 saturated heterocycles. The van der Waals surface area contributed by atoms with Crippen LogP contribution in [-0.4, -0.2) is 25.2 Å². The number of amides is 1. The number of hydrazone groups is 1. The molecule has 0 aliphatic carbocycles. The number of nitrogens with zero attached hydrogens (tertiary/aromatic N) is 2. The SMILES string of the molecule is O=C(CN1CCCc2ccccc21)N/N=C/c1ccccc1F. The quantitative estimate of drug-likeness (QED) is 0.697. The Morgan fingerprint density at radius 3 is 2.87 bits per heavy atom. The minimum Gasteiger partial charge on any atom is -0.362 e. The molecule has 0 aromatic heterocycles. The average Bonchev–Trinajstić information content (AvgIpc) is 2.57. The maximum Gasteiger partial charge on any atom is 0.259 e. The van der Waals surface area contributed by atoms with Gasteiger partial charge in [-0.05, 0) is 30.5 Å². The summed E-state index contributed by atoms with van der Waals surface area (Å²) in [5.74, 6) is -0.579. The molecule has 0 unspecified atom stereocenters. The van der Waals surface area contributed by atoms with Gasteiger partial charge in [0.25, 0.3) is 5.91 Å². The van der Waals surface area contributed by atoms with Crippen molar-refractivity contribution in [2.24, 2.45) is 5.10 Å². The molecule has 3 rings (SSSR count). The molecule has 1 aliphatic rings. The van der Waals surface area contributed by atoms with E-state index in [2.05, 4.69) is 16.6 Å². The molecule has 0 saturated carbocycles. The Bertz CT molecular complexity index is 730. The van der Waals surface area contributed by atoms with E-state index in [0.717, 1.165) is 25.1 Å². The van der Waals surface area contributed by atoms with Gasteiger partial charge in [0.05, 0.1) is 12.8 Å². The zero-order chi connectivity index (χ0) is 16.1. The molecule has 23 heavy (non-hydrogen) atoms. The van der Waals surface area contributed by atoms with Crippen molar-refractivity contribution in [3.63, 3.8) is 0 Å². The minimum atomic E-state index is -0.365. The van der Waals surface area contributed by atoms with Crippen LogP contribution in [0.1, 0.15) is 17.5 Å². The van der Waals surface area contributed by atoms with Crippen LogP contribution in [0, 0.1) is 5.82 Å². The fourth-order valence-electron chi connectivity index (χ4n) is 2.74. The van der Waals surface area contributed by atoms with Crippen molar-refractivity contribution < 1.29 is 9.18 Å². The Kier molecular flexibility index (Phi) is 4.66. The summed E-state index contributed by atoms with van der Waals surface area (Å²) in [6.45, 7) is 1.09. The highest BCUT2D eigenvalue weighted by molar-refractivity contribution is 5.85. The van der Waals surface area contributed by atoms with Gasteiger partial charge < -0.3 is 4.90 Å². The lowest BCUT2D eigenvalue weighted by Crippen LogP contribution is -2.38. The number of carbonyl (C=O) groups excluding carboxylic acids is 1. The molecule has 5 heteroatoms. The summed E-state index contributed by atoms with van der Waals surface area (Å²) >= 11 is 0. The van der Waals surface area contributed by atoms with Crippen molar-refractivity contribution in [1.29, 1.82) is 0 Å². The number of halogens is 1. The highest BCUT2D eigenvalue weighted by Gasteiger charge is 2.18. The van der Waals surface area contributed by atoms with Crippen molar-refractivity contribution in [3.05, 3.63) is 65.5 Å². The Labute approximate surface area is 134 Å². The van der Waals surface area contributed by atoms with E-state index in [4.69, 9.17) is 0 Å². The molecule has 4 nitrogen and oxygen atoms in total. The number of carbonyl (C=O) groups is 1. The van der Waals surface area contributed by atoms with E-state index in [0.29, 0.717) is 5.56 Å². The monoisotopic (exact) mass is 311 g/mol. The van der Waals surface area contributed by atoms with Crippen molar-refractivity contribution in [1.82, 2.24) is 5.43 Å². The lowest BCUT2D eigenvalue weighted by atomic mass is 10.0. The number of benzene rings is 2. The fourth-order valence-corrected chi connectivity index (χ4v) is 2.74. The molecule has 0 fully saturated rings. The molecule has 2 aromatic rings. The van der Waals surface area contributed by atoms with Crippen molar-refractivity contribution in [2.45, 2.75) is 12.8 Å². The van der Waals surface area contributed by atoms with Gasteiger partial charge >= 0.3 is 0 Å². The van der Waals surface area contributed by atoms with Gasteiger partial charge in [-0.15, -0.1) is 0 Å². The van der Waals surface area contributed by atoms with Crippen molar-refractivity contribution >= 4 is 17.8 Å². The van der Waals surface area contributed by atoms with E-state index in [-0.39, 0.29) is 18.3 Å². The van der Waals surface area contributed by atoms with Crippen LogP contribution in [-0.2, 0) is 11.2 Å². The van der Waals surface area contributed by atoms with Gasteiger partial charge in [-0.2, -0.15) is 5.10 Å². The Hall–Kier alpha value is -2.69. The van der Waals surface area contributed by atoms with Crippen LogP contribution in [0.2, 0.25) is 0 Å². The molecule has 0 atom stereocenters. The topological polar surface area (TPSA) is 44.7 Å². The summed E-state index contributed by atoms with van der Waals surface area (Å²) in [6.07, 6.45) is 3.39. The first-order valence-corrected chi connectivity index (χ1v) is 7.63. The highest BCUT2D eigenvalue weighted by Crippen LogP contribution is 2.26. The summed E-state index contributed by atoms with van der Waals surface area (Å²) in [4.78, 5) is 14.1.